The van der Waals surface area contributed by atoms with Crippen molar-refractivity contribution in [2.24, 2.45) is 0 Å². The third-order valence-electron chi connectivity index (χ3n) is 0. The molecule has 0 saturated carbocycles. The maximum atomic E-state index is 6.00. The van der Waals surface area contributed by atoms with E-state index in [1.54, 1.807) is 0 Å². The first-order chi connectivity index (χ1) is 1.00. The first kappa shape index (κ1) is 37.4. The number of hydrogen-bond acceptors (Lipinski definition) is 2. The Balaban J connectivity index is -0.00000000167. The van der Waals surface area contributed by atoms with Gasteiger partial charge in [0, 0.05) is 0 Å². The second kappa shape index (κ2) is 79.3. The van der Waals surface area contributed by atoms with Crippen LogP contribution in [-0.4, -0.2) is 10.5 Å². The van der Waals surface area contributed by atoms with Crippen molar-refractivity contribution in [3.05, 3.63) is 0 Å². The Morgan fingerprint density at radius 2 is 0.800 bits per heavy atom. The van der Waals surface area contributed by atoms with Crippen molar-refractivity contribution in [2.75, 3.05) is 0 Å². The van der Waals surface area contributed by atoms with E-state index in [-0.39, 0.29) is 41.6 Å². The molecular formula is H2Cl2CoO2. The summed E-state index contributed by atoms with van der Waals surface area (Å²) in [5, 5.41) is 12.0. The Hall–Kier alpha value is 1.01. The van der Waals surface area contributed by atoms with Crippen molar-refractivity contribution in [3.8, 4) is 0 Å². The number of hydrogen-bond donors (Lipinski definition) is 2. The minimum Gasteiger partial charge on any atom is -1.00 e. The van der Waals surface area contributed by atoms with Crippen LogP contribution in [0.2, 0.25) is 0 Å². The van der Waals surface area contributed by atoms with Crippen LogP contribution in [0, 0.1) is 0 Å². The monoisotopic (exact) mass is 163 g/mol. The van der Waals surface area contributed by atoms with Crippen molar-refractivity contribution < 1.29 is 52.1 Å². The van der Waals surface area contributed by atoms with Gasteiger partial charge in [0.2, 0.25) is 0 Å². The molecule has 0 atom stereocenters. The van der Waals surface area contributed by atoms with Gasteiger partial charge in [-0.25, -0.2) is 0 Å². The summed E-state index contributed by atoms with van der Waals surface area (Å²) in [6.07, 6.45) is 0. The molecule has 0 aliphatic carbocycles. The normalized spacial score (nSPS) is 1.20. The van der Waals surface area contributed by atoms with E-state index >= 15 is 0 Å². The molecule has 0 saturated heterocycles. The van der Waals surface area contributed by atoms with Crippen LogP contribution in [0.3, 0.4) is 0 Å². The van der Waals surface area contributed by atoms with Gasteiger partial charge >= 0.3 is 16.8 Å². The zero-order valence-corrected chi connectivity index (χ0v) is 4.54. The van der Waals surface area contributed by atoms with Gasteiger partial charge in [0.25, 0.3) is 0 Å². The van der Waals surface area contributed by atoms with E-state index in [0.29, 0.717) is 0 Å². The Bertz CT molecular complexity index is 7.61. The summed E-state index contributed by atoms with van der Waals surface area (Å²) in [6.45, 7) is 0. The van der Waals surface area contributed by atoms with Crippen LogP contribution in [0.4, 0.5) is 0 Å². The second-order valence-electron chi connectivity index (χ2n) is 0. The van der Waals surface area contributed by atoms with Crippen molar-refractivity contribution in [1.82, 2.24) is 0 Å². The van der Waals surface area contributed by atoms with Crippen molar-refractivity contribution >= 4 is 0 Å². The summed E-state index contributed by atoms with van der Waals surface area (Å²) in [6, 6.07) is 0. The second-order valence-corrected chi connectivity index (χ2v) is 0. The van der Waals surface area contributed by atoms with Crippen LogP contribution >= 0.6 is 0 Å². The van der Waals surface area contributed by atoms with Gasteiger partial charge in [-0.1, -0.05) is 0 Å². The summed E-state index contributed by atoms with van der Waals surface area (Å²) in [4.78, 5) is 0. The molecule has 0 aliphatic heterocycles. The first-order valence-corrected chi connectivity index (χ1v) is 0.200. The predicted octanol–water partition coefficient (Wildman–Crippen LogP) is -5.98. The smallest absolute Gasteiger partial charge is 1.00 e. The molecule has 0 spiro atoms. The molecular weight excluding hydrogens is 162 g/mol. The molecule has 2 N–H and O–H groups in total. The zero-order chi connectivity index (χ0) is 2.00. The first-order valence-electron chi connectivity index (χ1n) is 0.200. The third-order valence-corrected chi connectivity index (χ3v) is 0. The maximum absolute atomic E-state index is 6.00. The number of halogens is 2. The summed E-state index contributed by atoms with van der Waals surface area (Å²) < 4.78 is 0. The van der Waals surface area contributed by atoms with Gasteiger partial charge in [-0.15, -0.1) is 0 Å². The van der Waals surface area contributed by atoms with E-state index < -0.39 is 0 Å². The molecule has 0 aromatic carbocycles. The Morgan fingerprint density at radius 3 is 0.800 bits per heavy atom. The number of rotatable bonds is 0. The molecule has 0 aromatic rings. The van der Waals surface area contributed by atoms with Gasteiger partial charge in [-0.05, 0) is 0 Å². The van der Waals surface area contributed by atoms with Crippen LogP contribution in [0.5, 0.6) is 0 Å². The van der Waals surface area contributed by atoms with E-state index in [4.69, 9.17) is 10.5 Å². The molecule has 1 radical (unpaired) electrons. The van der Waals surface area contributed by atoms with Gasteiger partial charge in [-0.3, -0.25) is 10.5 Å². The Morgan fingerprint density at radius 1 is 0.800 bits per heavy atom. The molecule has 37 valence electrons. The largest absolute Gasteiger partial charge is 2.00 e. The SMILES string of the molecule is OO.[Cl-].[Cl-].[Co+2]. The average Bonchev–Trinajstić information content (AvgIpc) is 1.00. The molecule has 0 unspecified atom stereocenters. The molecule has 0 bridgehead atoms. The van der Waals surface area contributed by atoms with E-state index in [1.807, 2.05) is 0 Å². The minimum absolute atomic E-state index is 0. The molecule has 0 fully saturated rings. The van der Waals surface area contributed by atoms with E-state index in [1.165, 1.54) is 0 Å². The summed E-state index contributed by atoms with van der Waals surface area (Å²) in [5.74, 6) is 0. The molecule has 0 aliphatic rings. The standard InChI is InChI=1S/2ClH.Co.H2O2/c;;;1-2/h2*1H;;1-2H/q;;+2;/p-2. The van der Waals surface area contributed by atoms with Crippen molar-refractivity contribution in [1.29, 1.82) is 0 Å². The van der Waals surface area contributed by atoms with Crippen LogP contribution in [0.25, 0.3) is 0 Å². The summed E-state index contributed by atoms with van der Waals surface area (Å²) in [5.41, 5.74) is 0. The topological polar surface area (TPSA) is 40.5 Å². The molecule has 0 rings (SSSR count). The Labute approximate surface area is 52.5 Å². The zero-order valence-electron chi connectivity index (χ0n) is 1.98. The quantitative estimate of drug-likeness (QED) is 0.276. The average molecular weight is 164 g/mol. The van der Waals surface area contributed by atoms with Gasteiger partial charge in [-0.2, -0.15) is 0 Å². The maximum Gasteiger partial charge on any atom is 2.00 e. The molecule has 2 nitrogen and oxygen atoms in total. The fourth-order valence-corrected chi connectivity index (χ4v) is 0. The van der Waals surface area contributed by atoms with Crippen LogP contribution in [0.15, 0.2) is 0 Å². The molecule has 5 heteroatoms. The van der Waals surface area contributed by atoms with E-state index in [0.717, 1.165) is 0 Å². The van der Waals surface area contributed by atoms with Gasteiger partial charge < -0.3 is 24.8 Å². The minimum atomic E-state index is 0. The van der Waals surface area contributed by atoms with Gasteiger partial charge in [0.05, 0.1) is 0 Å². The van der Waals surface area contributed by atoms with E-state index in [2.05, 4.69) is 0 Å². The fourth-order valence-electron chi connectivity index (χ4n) is 0. The summed E-state index contributed by atoms with van der Waals surface area (Å²) in [7, 11) is 0. The van der Waals surface area contributed by atoms with Crippen LogP contribution in [-0.2, 0) is 16.8 Å². The van der Waals surface area contributed by atoms with Crippen molar-refractivity contribution in [2.45, 2.75) is 0 Å². The molecule has 0 aromatic heterocycles. The van der Waals surface area contributed by atoms with Gasteiger partial charge in [0.1, 0.15) is 0 Å². The van der Waals surface area contributed by atoms with Crippen LogP contribution in [0.1, 0.15) is 0 Å². The summed E-state index contributed by atoms with van der Waals surface area (Å²) >= 11 is 0. The predicted molar refractivity (Wildman–Crippen MR) is 5.26 cm³/mol. The van der Waals surface area contributed by atoms with Gasteiger partial charge in [0.15, 0.2) is 0 Å². The Kier molecular flexibility index (Phi) is 593. The molecule has 5 heavy (non-hydrogen) atoms. The molecule has 0 heterocycles. The van der Waals surface area contributed by atoms with Crippen molar-refractivity contribution in [3.63, 3.8) is 0 Å². The molecule has 0 amide bonds. The van der Waals surface area contributed by atoms with E-state index in [9.17, 15) is 0 Å². The van der Waals surface area contributed by atoms with Crippen LogP contribution < -0.4 is 24.8 Å². The third kappa shape index (κ3) is 44.7. The fraction of sp³-hybridized carbons (Fsp3) is 0.